The summed E-state index contributed by atoms with van der Waals surface area (Å²) in [5.41, 5.74) is 0.576. The number of benzene rings is 1. The van der Waals surface area contributed by atoms with Gasteiger partial charge in [-0.05, 0) is 36.5 Å². The van der Waals surface area contributed by atoms with E-state index in [2.05, 4.69) is 10.3 Å². The van der Waals surface area contributed by atoms with Crippen molar-refractivity contribution in [3.05, 3.63) is 53.4 Å². The summed E-state index contributed by atoms with van der Waals surface area (Å²) >= 11 is 0. The Morgan fingerprint density at radius 2 is 2.25 bits per heavy atom. The molecule has 0 saturated carbocycles. The van der Waals surface area contributed by atoms with Crippen molar-refractivity contribution in [3.8, 4) is 5.75 Å². The van der Waals surface area contributed by atoms with Gasteiger partial charge in [0, 0.05) is 37.6 Å². The summed E-state index contributed by atoms with van der Waals surface area (Å²) in [6.07, 6.45) is 7.78. The lowest BCUT2D eigenvalue weighted by molar-refractivity contribution is -0.114. The molecule has 1 aromatic carbocycles. The number of aromatic hydroxyl groups is 1. The molecule has 0 spiro atoms. The van der Waals surface area contributed by atoms with Crippen LogP contribution in [-0.4, -0.2) is 41.6 Å². The first kappa shape index (κ1) is 18.6. The summed E-state index contributed by atoms with van der Waals surface area (Å²) in [6.45, 7) is 1.41. The van der Waals surface area contributed by atoms with Gasteiger partial charge in [0.1, 0.15) is 16.5 Å². The number of fused-ring (bicyclic) bond motifs is 1. The molecule has 1 amide bonds. The summed E-state index contributed by atoms with van der Waals surface area (Å²) in [7, 11) is -4.18. The van der Waals surface area contributed by atoms with Gasteiger partial charge in [0.2, 0.25) is 0 Å². The number of sulfonamides is 1. The van der Waals surface area contributed by atoms with E-state index in [1.165, 1.54) is 6.07 Å². The minimum Gasteiger partial charge on any atom is -0.507 e. The molecule has 1 aromatic heterocycles. The molecule has 10 heteroatoms. The number of rotatable bonds is 5. The van der Waals surface area contributed by atoms with Gasteiger partial charge in [-0.25, -0.2) is 22.5 Å². The fourth-order valence-corrected chi connectivity index (χ4v) is 4.85. The molecule has 2 aromatic rings. The Bertz CT molecular complexity index is 1060. The number of hydrogen-bond acceptors (Lipinski definition) is 6. The molecule has 1 atom stereocenters. The number of nitrogens with zero attached hydrogens (tertiary/aromatic N) is 2. The highest BCUT2D eigenvalue weighted by molar-refractivity contribution is 8.00. The van der Waals surface area contributed by atoms with Gasteiger partial charge in [-0.2, -0.15) is 0 Å². The average Bonchev–Trinajstić information content (AvgIpc) is 3.23. The number of hydrogen-bond donors (Lipinski definition) is 3. The van der Waals surface area contributed by atoms with E-state index in [1.54, 1.807) is 17.2 Å². The van der Waals surface area contributed by atoms with Crippen LogP contribution in [0.25, 0.3) is 4.91 Å². The molecule has 3 N–H and O–H groups in total. The van der Waals surface area contributed by atoms with Crippen LogP contribution in [0.15, 0.2) is 30.9 Å². The summed E-state index contributed by atoms with van der Waals surface area (Å²) in [6, 6.07) is 1.42. The van der Waals surface area contributed by atoms with E-state index in [9.17, 15) is 18.3 Å². The molecule has 1 aliphatic carbocycles. The Kier molecular flexibility index (Phi) is 4.68. The average molecular weight is 406 g/mol. The second-order valence-electron chi connectivity index (χ2n) is 6.90. The smallest absolute Gasteiger partial charge is 0.265 e. The van der Waals surface area contributed by atoms with Crippen LogP contribution in [0.2, 0.25) is 0 Å². The number of phenols is 1. The largest absolute Gasteiger partial charge is 0.507 e. The van der Waals surface area contributed by atoms with Crippen LogP contribution in [0.1, 0.15) is 23.1 Å². The Labute approximate surface area is 161 Å². The molecule has 4 rings (SSSR count). The van der Waals surface area contributed by atoms with Gasteiger partial charge in [-0.1, -0.05) is 0 Å². The highest BCUT2D eigenvalue weighted by Crippen LogP contribution is 2.38. The first-order valence-electron chi connectivity index (χ1n) is 8.86. The lowest BCUT2D eigenvalue weighted by Gasteiger charge is -2.27. The number of halogens is 1. The summed E-state index contributed by atoms with van der Waals surface area (Å²) in [5.74, 6) is -2.12. The molecule has 2 heterocycles. The standard InChI is InChI=1S/C18H19FN4O4S/c19-18-13-8-12(21-4-6-23-5-3-20-10-23)2-1-11(13)7-14(24)17(18)15-9-16(25)22-28(15,26)27/h3,5,7,9-10,12,21,24H,1-2,4,6,8H2,(H,22,25). The third-order valence-corrected chi connectivity index (χ3v) is 6.42. The quantitative estimate of drug-likeness (QED) is 0.673. The number of amides is 1. The Balaban J connectivity index is 1.57. The van der Waals surface area contributed by atoms with Crippen LogP contribution in [-0.2, 0) is 34.2 Å². The number of carbonyl (C=O) groups is 1. The van der Waals surface area contributed by atoms with Crippen LogP contribution >= 0.6 is 0 Å². The Morgan fingerprint density at radius 3 is 2.93 bits per heavy atom. The Morgan fingerprint density at radius 1 is 1.43 bits per heavy atom. The summed E-state index contributed by atoms with van der Waals surface area (Å²) in [5, 5.41) is 13.6. The van der Waals surface area contributed by atoms with Gasteiger partial charge in [0.25, 0.3) is 15.9 Å². The molecule has 1 aliphatic heterocycles. The van der Waals surface area contributed by atoms with E-state index in [0.29, 0.717) is 30.5 Å². The number of aromatic nitrogens is 2. The second-order valence-corrected chi connectivity index (χ2v) is 8.55. The lowest BCUT2D eigenvalue weighted by atomic mass is 9.86. The minimum absolute atomic E-state index is 0.0248. The zero-order chi connectivity index (χ0) is 19.9. The number of nitrogens with one attached hydrogen (secondary N) is 2. The normalized spacial score (nSPS) is 20.5. The molecule has 0 saturated heterocycles. The molecule has 1 unspecified atom stereocenters. The number of aryl methyl sites for hydroxylation is 1. The molecule has 0 radical (unpaired) electrons. The van der Waals surface area contributed by atoms with Crippen molar-refractivity contribution < 1.29 is 22.7 Å². The molecule has 0 bridgehead atoms. The molecule has 0 fully saturated rings. The zero-order valence-electron chi connectivity index (χ0n) is 14.9. The van der Waals surface area contributed by atoms with E-state index in [0.717, 1.165) is 19.0 Å². The third-order valence-electron chi connectivity index (χ3n) is 5.05. The van der Waals surface area contributed by atoms with Crippen molar-refractivity contribution in [3.63, 3.8) is 0 Å². The summed E-state index contributed by atoms with van der Waals surface area (Å²) in [4.78, 5) is 14.9. The minimum atomic E-state index is -4.18. The number of carbonyl (C=O) groups excluding carboxylic acids is 1. The van der Waals surface area contributed by atoms with E-state index >= 15 is 4.39 Å². The van der Waals surface area contributed by atoms with Gasteiger partial charge in [0.05, 0.1) is 11.9 Å². The molecule has 148 valence electrons. The molecule has 8 nitrogen and oxygen atoms in total. The maximum absolute atomic E-state index is 15.2. The molecular formula is C18H19FN4O4S. The van der Waals surface area contributed by atoms with Crippen molar-refractivity contribution in [2.24, 2.45) is 0 Å². The molecule has 28 heavy (non-hydrogen) atoms. The highest BCUT2D eigenvalue weighted by atomic mass is 32.2. The number of imidazole rings is 1. The van der Waals surface area contributed by atoms with E-state index in [1.807, 2.05) is 10.8 Å². The fraction of sp³-hybridized carbons (Fsp3) is 0.333. The lowest BCUT2D eigenvalue weighted by Crippen LogP contribution is -2.37. The van der Waals surface area contributed by atoms with E-state index in [4.69, 9.17) is 0 Å². The zero-order valence-corrected chi connectivity index (χ0v) is 15.7. The molecular weight excluding hydrogens is 387 g/mol. The van der Waals surface area contributed by atoms with Crippen molar-refractivity contribution in [1.29, 1.82) is 0 Å². The van der Waals surface area contributed by atoms with Crippen LogP contribution in [0.3, 0.4) is 0 Å². The van der Waals surface area contributed by atoms with Gasteiger partial charge in [0.15, 0.2) is 0 Å². The van der Waals surface area contributed by atoms with Crippen LogP contribution in [0, 0.1) is 5.82 Å². The number of phenolic OH excluding ortho intramolecular Hbond substituents is 1. The first-order valence-corrected chi connectivity index (χ1v) is 10.3. The first-order chi connectivity index (χ1) is 13.3. The van der Waals surface area contributed by atoms with E-state index < -0.39 is 38.0 Å². The molecule has 2 aliphatic rings. The fourth-order valence-electron chi connectivity index (χ4n) is 3.70. The van der Waals surface area contributed by atoms with Crippen LogP contribution in [0.4, 0.5) is 4.39 Å². The maximum Gasteiger partial charge on any atom is 0.265 e. The van der Waals surface area contributed by atoms with Crippen molar-refractivity contribution >= 4 is 20.8 Å². The van der Waals surface area contributed by atoms with Crippen molar-refractivity contribution in [1.82, 2.24) is 19.6 Å². The highest BCUT2D eigenvalue weighted by Gasteiger charge is 2.35. The van der Waals surface area contributed by atoms with E-state index in [-0.39, 0.29) is 6.04 Å². The van der Waals surface area contributed by atoms with Gasteiger partial charge in [-0.15, -0.1) is 0 Å². The summed E-state index contributed by atoms with van der Waals surface area (Å²) < 4.78 is 43.0. The maximum atomic E-state index is 15.2. The predicted molar refractivity (Wildman–Crippen MR) is 99.1 cm³/mol. The van der Waals surface area contributed by atoms with Gasteiger partial charge in [-0.3, -0.25) is 4.79 Å². The van der Waals surface area contributed by atoms with Crippen LogP contribution in [0.5, 0.6) is 5.75 Å². The monoisotopic (exact) mass is 406 g/mol. The third kappa shape index (κ3) is 3.40. The van der Waals surface area contributed by atoms with Crippen molar-refractivity contribution in [2.75, 3.05) is 6.54 Å². The van der Waals surface area contributed by atoms with Crippen LogP contribution < -0.4 is 10.0 Å². The second kappa shape index (κ2) is 7.02. The Hall–Kier alpha value is -2.72. The topological polar surface area (TPSA) is 113 Å². The van der Waals surface area contributed by atoms with Gasteiger partial charge < -0.3 is 15.0 Å². The SMILES string of the molecule is O=C1C=C(c2c(O)cc3c(c2F)CC(NCCn2ccnc2)CC3)S(=O)(=O)N1. The predicted octanol–water partition coefficient (Wildman–Crippen LogP) is 0.675. The van der Waals surface area contributed by atoms with Gasteiger partial charge >= 0.3 is 0 Å². The van der Waals surface area contributed by atoms with Crippen molar-refractivity contribution in [2.45, 2.75) is 31.8 Å².